The van der Waals surface area contributed by atoms with E-state index in [4.69, 9.17) is 9.47 Å². The number of carbonyl (C=O) groups excluding carboxylic acids is 2. The van der Waals surface area contributed by atoms with Gasteiger partial charge in [0.05, 0.1) is 14.2 Å². The molecule has 0 aliphatic carbocycles. The lowest BCUT2D eigenvalue weighted by Crippen LogP contribution is -2.23. The fourth-order valence-electron chi connectivity index (χ4n) is 3.01. The molecule has 27 heavy (non-hydrogen) atoms. The van der Waals surface area contributed by atoms with Gasteiger partial charge in [-0.15, -0.1) is 0 Å². The molecule has 2 aromatic carbocycles. The van der Waals surface area contributed by atoms with Gasteiger partial charge >= 0.3 is 0 Å². The highest BCUT2D eigenvalue weighted by Gasteiger charge is 2.22. The van der Waals surface area contributed by atoms with E-state index in [1.807, 2.05) is 6.07 Å². The molecule has 1 aliphatic heterocycles. The number of benzene rings is 2. The van der Waals surface area contributed by atoms with Crippen LogP contribution < -0.4 is 14.4 Å². The third-order valence-electron chi connectivity index (χ3n) is 4.43. The molecule has 0 unspecified atom stereocenters. The van der Waals surface area contributed by atoms with Gasteiger partial charge in [0.2, 0.25) is 5.91 Å². The smallest absolute Gasteiger partial charge is 0.227 e. The Kier molecular flexibility index (Phi) is 5.96. The van der Waals surface area contributed by atoms with Gasteiger partial charge in [-0.3, -0.25) is 9.59 Å². The quantitative estimate of drug-likeness (QED) is 0.501. The molecule has 3 rings (SSSR count). The van der Waals surface area contributed by atoms with Gasteiger partial charge in [-0.05, 0) is 48.4 Å². The topological polar surface area (TPSA) is 55.8 Å². The molecule has 0 spiro atoms. The summed E-state index contributed by atoms with van der Waals surface area (Å²) in [6, 6.07) is 10.8. The number of nitrogens with zero attached hydrogens (tertiary/aromatic N) is 1. The number of ether oxygens (including phenoxy) is 2. The first-order chi connectivity index (χ1) is 13.0. The Morgan fingerprint density at radius 2 is 1.89 bits per heavy atom. The standard InChI is InChI=1S/C21H20BrNO4/c1-26-19-12-14(17(22)13-20(19)27-2)8-9-18(24)15-5-3-6-16(11-15)23-10-4-7-21(23)25/h3,5-6,8-9,11-13H,4,7,10H2,1-2H3/b9-8+. The maximum atomic E-state index is 12.6. The molecule has 0 aromatic heterocycles. The number of hydrogen-bond donors (Lipinski definition) is 0. The van der Waals surface area contributed by atoms with E-state index in [0.717, 1.165) is 22.1 Å². The largest absolute Gasteiger partial charge is 0.493 e. The maximum Gasteiger partial charge on any atom is 0.227 e. The van der Waals surface area contributed by atoms with Gasteiger partial charge in [-0.1, -0.05) is 28.1 Å². The summed E-state index contributed by atoms with van der Waals surface area (Å²) in [4.78, 5) is 26.2. The van der Waals surface area contributed by atoms with Gasteiger partial charge in [-0.2, -0.15) is 0 Å². The number of ketones is 1. The van der Waals surface area contributed by atoms with Crippen LogP contribution in [0.1, 0.15) is 28.8 Å². The third kappa shape index (κ3) is 4.22. The average Bonchev–Trinajstić information content (AvgIpc) is 3.12. The molecule has 2 aromatic rings. The molecule has 0 N–H and O–H groups in total. The number of allylic oxidation sites excluding steroid dienone is 1. The number of amides is 1. The van der Waals surface area contributed by atoms with E-state index < -0.39 is 0 Å². The number of rotatable bonds is 6. The Morgan fingerprint density at radius 1 is 1.15 bits per heavy atom. The Balaban J connectivity index is 1.82. The molecule has 1 amide bonds. The summed E-state index contributed by atoms with van der Waals surface area (Å²) in [6.07, 6.45) is 4.65. The van der Waals surface area contributed by atoms with Crippen LogP contribution in [-0.2, 0) is 4.79 Å². The first kappa shape index (κ1) is 19.2. The zero-order chi connectivity index (χ0) is 19.4. The fraction of sp³-hybridized carbons (Fsp3) is 0.238. The van der Waals surface area contributed by atoms with Crippen molar-refractivity contribution < 1.29 is 19.1 Å². The predicted octanol–water partition coefficient (Wildman–Crippen LogP) is 4.49. The molecule has 1 heterocycles. The van der Waals surface area contributed by atoms with E-state index in [-0.39, 0.29) is 11.7 Å². The second-order valence-electron chi connectivity index (χ2n) is 6.13. The summed E-state index contributed by atoms with van der Waals surface area (Å²) in [5, 5.41) is 0. The summed E-state index contributed by atoms with van der Waals surface area (Å²) >= 11 is 3.48. The van der Waals surface area contributed by atoms with Crippen LogP contribution in [0, 0.1) is 0 Å². The SMILES string of the molecule is COc1cc(Br)c(/C=C/C(=O)c2cccc(N3CCCC3=O)c2)cc1OC. The molecular weight excluding hydrogens is 410 g/mol. The second kappa shape index (κ2) is 8.39. The number of anilines is 1. The predicted molar refractivity (Wildman–Crippen MR) is 109 cm³/mol. The van der Waals surface area contributed by atoms with E-state index >= 15 is 0 Å². The van der Waals surface area contributed by atoms with Crippen molar-refractivity contribution in [1.29, 1.82) is 0 Å². The number of carbonyl (C=O) groups is 2. The minimum absolute atomic E-state index is 0.101. The van der Waals surface area contributed by atoms with Crippen molar-refractivity contribution in [3.8, 4) is 11.5 Å². The van der Waals surface area contributed by atoms with Crippen LogP contribution in [0.15, 0.2) is 46.9 Å². The van der Waals surface area contributed by atoms with E-state index in [0.29, 0.717) is 30.0 Å². The summed E-state index contributed by atoms with van der Waals surface area (Å²) < 4.78 is 11.4. The number of halogens is 1. The van der Waals surface area contributed by atoms with Crippen LogP contribution in [0.25, 0.3) is 6.08 Å². The van der Waals surface area contributed by atoms with Crippen molar-refractivity contribution in [1.82, 2.24) is 0 Å². The van der Waals surface area contributed by atoms with Gasteiger partial charge in [-0.25, -0.2) is 0 Å². The lowest BCUT2D eigenvalue weighted by Gasteiger charge is -2.16. The van der Waals surface area contributed by atoms with Gasteiger partial charge in [0.15, 0.2) is 17.3 Å². The molecule has 0 radical (unpaired) electrons. The zero-order valence-corrected chi connectivity index (χ0v) is 16.8. The normalized spacial score (nSPS) is 14.0. The Morgan fingerprint density at radius 3 is 2.56 bits per heavy atom. The fourth-order valence-corrected chi connectivity index (χ4v) is 3.46. The van der Waals surface area contributed by atoms with Gasteiger partial charge in [0.1, 0.15) is 0 Å². The van der Waals surface area contributed by atoms with Crippen molar-refractivity contribution >= 4 is 39.4 Å². The Labute approximate surface area is 166 Å². The third-order valence-corrected chi connectivity index (χ3v) is 5.12. The highest BCUT2D eigenvalue weighted by molar-refractivity contribution is 9.10. The average molecular weight is 430 g/mol. The molecule has 140 valence electrons. The lowest BCUT2D eigenvalue weighted by atomic mass is 10.1. The van der Waals surface area contributed by atoms with Crippen LogP contribution in [0.2, 0.25) is 0 Å². The minimum atomic E-state index is -0.134. The van der Waals surface area contributed by atoms with Crippen molar-refractivity contribution in [3.05, 3.63) is 58.1 Å². The monoisotopic (exact) mass is 429 g/mol. The first-order valence-corrected chi connectivity index (χ1v) is 9.37. The van der Waals surface area contributed by atoms with Crippen molar-refractivity contribution in [3.63, 3.8) is 0 Å². The van der Waals surface area contributed by atoms with Crippen LogP contribution in [0.3, 0.4) is 0 Å². The molecule has 1 fully saturated rings. The lowest BCUT2D eigenvalue weighted by molar-refractivity contribution is -0.117. The van der Waals surface area contributed by atoms with Crippen molar-refractivity contribution in [2.24, 2.45) is 0 Å². The highest BCUT2D eigenvalue weighted by Crippen LogP contribution is 2.34. The number of hydrogen-bond acceptors (Lipinski definition) is 4. The van der Waals surface area contributed by atoms with E-state index in [1.54, 1.807) is 55.5 Å². The minimum Gasteiger partial charge on any atom is -0.493 e. The molecule has 0 atom stereocenters. The van der Waals surface area contributed by atoms with Gasteiger partial charge < -0.3 is 14.4 Å². The molecule has 0 bridgehead atoms. The van der Waals surface area contributed by atoms with Crippen LogP contribution in [0.4, 0.5) is 5.69 Å². The van der Waals surface area contributed by atoms with Gasteiger partial charge in [0, 0.05) is 28.7 Å². The Bertz CT molecular complexity index is 907. The summed E-state index contributed by atoms with van der Waals surface area (Å²) in [6.45, 7) is 0.699. The zero-order valence-electron chi connectivity index (χ0n) is 15.2. The molecule has 1 aliphatic rings. The summed E-state index contributed by atoms with van der Waals surface area (Å²) in [7, 11) is 3.14. The van der Waals surface area contributed by atoms with Crippen LogP contribution in [0.5, 0.6) is 11.5 Å². The van der Waals surface area contributed by atoms with E-state index in [2.05, 4.69) is 15.9 Å². The molecule has 6 heteroatoms. The highest BCUT2D eigenvalue weighted by atomic mass is 79.9. The van der Waals surface area contributed by atoms with Crippen LogP contribution >= 0.6 is 15.9 Å². The molecule has 5 nitrogen and oxygen atoms in total. The van der Waals surface area contributed by atoms with Crippen molar-refractivity contribution in [2.45, 2.75) is 12.8 Å². The van der Waals surface area contributed by atoms with Crippen LogP contribution in [-0.4, -0.2) is 32.5 Å². The second-order valence-corrected chi connectivity index (χ2v) is 6.98. The molecular formula is C21H20BrNO4. The van der Waals surface area contributed by atoms with E-state index in [1.165, 1.54) is 6.08 Å². The summed E-state index contributed by atoms with van der Waals surface area (Å²) in [5.74, 6) is 1.16. The Hall–Kier alpha value is -2.60. The number of methoxy groups -OCH3 is 2. The maximum absolute atomic E-state index is 12.6. The molecule has 0 saturated carbocycles. The summed E-state index contributed by atoms with van der Waals surface area (Å²) in [5.41, 5.74) is 2.11. The first-order valence-electron chi connectivity index (χ1n) is 8.58. The van der Waals surface area contributed by atoms with E-state index in [9.17, 15) is 9.59 Å². The van der Waals surface area contributed by atoms with Gasteiger partial charge in [0.25, 0.3) is 0 Å². The molecule has 1 saturated heterocycles. The van der Waals surface area contributed by atoms with Crippen molar-refractivity contribution in [2.75, 3.05) is 25.7 Å².